The highest BCUT2D eigenvalue weighted by Crippen LogP contribution is 2.18. The van der Waals surface area contributed by atoms with E-state index in [1.54, 1.807) is 6.07 Å². The second-order valence-electron chi connectivity index (χ2n) is 3.49. The Morgan fingerprint density at radius 3 is 2.50 bits per heavy atom. The summed E-state index contributed by atoms with van der Waals surface area (Å²) in [6.45, 7) is 4.36. The monoisotopic (exact) mass is 183 g/mol. The Balaban J connectivity index is 2.85. The van der Waals surface area contributed by atoms with E-state index in [2.05, 4.69) is 13.8 Å². The summed E-state index contributed by atoms with van der Waals surface area (Å²) in [5, 5.41) is 0.727. The standard InChI is InChI=1S/C10H14ClN/c1-7(2)3-8-4-9(11)6-10(12)5-8/h4-7H,3,12H2,1-2H3. The molecule has 1 nitrogen and oxygen atoms in total. The fourth-order valence-corrected chi connectivity index (χ4v) is 1.53. The molecular formula is C10H14ClN. The molecule has 2 heteroatoms. The van der Waals surface area contributed by atoms with E-state index in [-0.39, 0.29) is 0 Å². The maximum atomic E-state index is 5.85. The van der Waals surface area contributed by atoms with E-state index in [4.69, 9.17) is 17.3 Å². The summed E-state index contributed by atoms with van der Waals surface area (Å²) in [4.78, 5) is 0. The first-order valence-electron chi connectivity index (χ1n) is 4.13. The van der Waals surface area contributed by atoms with Gasteiger partial charge < -0.3 is 5.73 Å². The Labute approximate surface area is 78.5 Å². The Kier molecular flexibility index (Phi) is 2.99. The molecule has 0 aliphatic carbocycles. The molecule has 0 heterocycles. The second kappa shape index (κ2) is 3.81. The quantitative estimate of drug-likeness (QED) is 0.701. The van der Waals surface area contributed by atoms with Gasteiger partial charge in [-0.3, -0.25) is 0 Å². The fourth-order valence-electron chi connectivity index (χ4n) is 1.26. The number of nitrogens with two attached hydrogens (primary N) is 1. The largest absolute Gasteiger partial charge is 0.399 e. The third-order valence-electron chi connectivity index (χ3n) is 1.62. The molecule has 1 aromatic rings. The molecule has 2 N–H and O–H groups in total. The predicted octanol–water partition coefficient (Wildman–Crippen LogP) is 3.12. The maximum Gasteiger partial charge on any atom is 0.0429 e. The molecule has 0 unspecified atom stereocenters. The van der Waals surface area contributed by atoms with E-state index in [1.165, 1.54) is 5.56 Å². The molecule has 0 aliphatic heterocycles. The van der Waals surface area contributed by atoms with E-state index >= 15 is 0 Å². The Morgan fingerprint density at radius 1 is 1.33 bits per heavy atom. The first-order valence-corrected chi connectivity index (χ1v) is 4.50. The minimum absolute atomic E-state index is 0.642. The van der Waals surface area contributed by atoms with Gasteiger partial charge in [0.25, 0.3) is 0 Å². The van der Waals surface area contributed by atoms with Gasteiger partial charge in [-0.2, -0.15) is 0 Å². The predicted molar refractivity (Wildman–Crippen MR) is 54.4 cm³/mol. The third kappa shape index (κ3) is 2.74. The molecule has 0 bridgehead atoms. The SMILES string of the molecule is CC(C)Cc1cc(N)cc(Cl)c1. The van der Waals surface area contributed by atoms with Crippen LogP contribution >= 0.6 is 11.6 Å². The van der Waals surface area contributed by atoms with Crippen LogP contribution in [0, 0.1) is 5.92 Å². The van der Waals surface area contributed by atoms with Gasteiger partial charge in [-0.25, -0.2) is 0 Å². The number of rotatable bonds is 2. The van der Waals surface area contributed by atoms with E-state index in [9.17, 15) is 0 Å². The van der Waals surface area contributed by atoms with Crippen LogP contribution < -0.4 is 5.73 Å². The van der Waals surface area contributed by atoms with Gasteiger partial charge in [0.2, 0.25) is 0 Å². The second-order valence-corrected chi connectivity index (χ2v) is 3.93. The van der Waals surface area contributed by atoms with E-state index in [0.29, 0.717) is 5.92 Å². The summed E-state index contributed by atoms with van der Waals surface area (Å²) in [7, 11) is 0. The minimum Gasteiger partial charge on any atom is -0.399 e. The van der Waals surface area contributed by atoms with Crippen LogP contribution in [0.3, 0.4) is 0 Å². The number of hydrogen-bond donors (Lipinski definition) is 1. The lowest BCUT2D eigenvalue weighted by Crippen LogP contribution is -1.95. The van der Waals surface area contributed by atoms with E-state index in [0.717, 1.165) is 17.1 Å². The molecule has 1 rings (SSSR count). The smallest absolute Gasteiger partial charge is 0.0429 e. The molecule has 0 spiro atoms. The van der Waals surface area contributed by atoms with Crippen LogP contribution in [-0.4, -0.2) is 0 Å². The van der Waals surface area contributed by atoms with Gasteiger partial charge in [-0.15, -0.1) is 0 Å². The van der Waals surface area contributed by atoms with E-state index < -0.39 is 0 Å². The fraction of sp³-hybridized carbons (Fsp3) is 0.400. The highest BCUT2D eigenvalue weighted by molar-refractivity contribution is 6.30. The van der Waals surface area contributed by atoms with Crippen molar-refractivity contribution in [2.45, 2.75) is 20.3 Å². The van der Waals surface area contributed by atoms with Crippen LogP contribution in [0.25, 0.3) is 0 Å². The molecule has 0 saturated carbocycles. The summed E-state index contributed by atoms with van der Waals surface area (Å²) < 4.78 is 0. The van der Waals surface area contributed by atoms with Crippen molar-refractivity contribution in [3.63, 3.8) is 0 Å². The summed E-state index contributed by atoms with van der Waals surface area (Å²) in [5.74, 6) is 0.642. The molecule has 66 valence electrons. The number of hydrogen-bond acceptors (Lipinski definition) is 1. The van der Waals surface area contributed by atoms with Crippen molar-refractivity contribution < 1.29 is 0 Å². The average Bonchev–Trinajstić information content (AvgIpc) is 1.81. The van der Waals surface area contributed by atoms with Crippen LogP contribution in [0.5, 0.6) is 0 Å². The summed E-state index contributed by atoms with van der Waals surface area (Å²) in [5.41, 5.74) is 7.62. The summed E-state index contributed by atoms with van der Waals surface area (Å²) in [6.07, 6.45) is 1.03. The highest BCUT2D eigenvalue weighted by Gasteiger charge is 1.99. The lowest BCUT2D eigenvalue weighted by Gasteiger charge is -2.06. The van der Waals surface area contributed by atoms with Gasteiger partial charge in [-0.1, -0.05) is 25.4 Å². The molecule has 0 atom stereocenters. The lowest BCUT2D eigenvalue weighted by atomic mass is 10.0. The van der Waals surface area contributed by atoms with Gasteiger partial charge in [0.05, 0.1) is 0 Å². The topological polar surface area (TPSA) is 26.0 Å². The number of halogens is 1. The van der Waals surface area contributed by atoms with Crippen molar-refractivity contribution in [1.29, 1.82) is 0 Å². The number of benzene rings is 1. The minimum atomic E-state index is 0.642. The Hall–Kier alpha value is -0.690. The van der Waals surface area contributed by atoms with E-state index in [1.807, 2.05) is 12.1 Å². The number of anilines is 1. The van der Waals surface area contributed by atoms with Gasteiger partial charge in [0, 0.05) is 10.7 Å². The van der Waals surface area contributed by atoms with Crippen LogP contribution in [0.4, 0.5) is 5.69 Å². The first-order chi connectivity index (χ1) is 5.58. The van der Waals surface area contributed by atoms with Gasteiger partial charge >= 0.3 is 0 Å². The molecule has 0 aromatic heterocycles. The van der Waals surface area contributed by atoms with Crippen molar-refractivity contribution in [3.8, 4) is 0 Å². The summed E-state index contributed by atoms with van der Waals surface area (Å²) >= 11 is 5.85. The van der Waals surface area contributed by atoms with Crippen molar-refractivity contribution in [3.05, 3.63) is 28.8 Å². The first kappa shape index (κ1) is 9.40. The van der Waals surface area contributed by atoms with Crippen molar-refractivity contribution in [1.82, 2.24) is 0 Å². The zero-order chi connectivity index (χ0) is 9.14. The number of nitrogen functional groups attached to an aromatic ring is 1. The molecule has 0 amide bonds. The zero-order valence-electron chi connectivity index (χ0n) is 7.47. The van der Waals surface area contributed by atoms with Crippen LogP contribution in [-0.2, 0) is 6.42 Å². The maximum absolute atomic E-state index is 5.85. The molecular weight excluding hydrogens is 170 g/mol. The zero-order valence-corrected chi connectivity index (χ0v) is 8.23. The molecule has 0 aliphatic rings. The molecule has 0 fully saturated rings. The highest BCUT2D eigenvalue weighted by atomic mass is 35.5. The van der Waals surface area contributed by atoms with Crippen molar-refractivity contribution in [2.24, 2.45) is 5.92 Å². The van der Waals surface area contributed by atoms with Crippen LogP contribution in [0.2, 0.25) is 5.02 Å². The molecule has 0 saturated heterocycles. The average molecular weight is 184 g/mol. The summed E-state index contributed by atoms with van der Waals surface area (Å²) in [6, 6.07) is 5.72. The van der Waals surface area contributed by atoms with Crippen LogP contribution in [0.15, 0.2) is 18.2 Å². The molecule has 12 heavy (non-hydrogen) atoms. The van der Waals surface area contributed by atoms with Crippen molar-refractivity contribution in [2.75, 3.05) is 5.73 Å². The van der Waals surface area contributed by atoms with Crippen molar-refractivity contribution >= 4 is 17.3 Å². The normalized spacial score (nSPS) is 10.7. The Bertz CT molecular complexity index is 248. The Morgan fingerprint density at radius 2 is 2.00 bits per heavy atom. The molecule has 1 aromatic carbocycles. The molecule has 0 radical (unpaired) electrons. The van der Waals surface area contributed by atoms with Gasteiger partial charge in [0.15, 0.2) is 0 Å². The van der Waals surface area contributed by atoms with Crippen LogP contribution in [0.1, 0.15) is 19.4 Å². The van der Waals surface area contributed by atoms with Gasteiger partial charge in [0.1, 0.15) is 0 Å². The third-order valence-corrected chi connectivity index (χ3v) is 1.84. The lowest BCUT2D eigenvalue weighted by molar-refractivity contribution is 0.647. The van der Waals surface area contributed by atoms with Gasteiger partial charge in [-0.05, 0) is 36.1 Å².